The fourth-order valence-electron chi connectivity index (χ4n) is 3.52. The summed E-state index contributed by atoms with van der Waals surface area (Å²) in [7, 11) is 0. The summed E-state index contributed by atoms with van der Waals surface area (Å²) < 4.78 is 0. The second kappa shape index (κ2) is 10.6. The Morgan fingerprint density at radius 3 is 2.36 bits per heavy atom. The number of aryl methyl sites for hydroxylation is 1. The Bertz CT molecular complexity index is 1220. The highest BCUT2D eigenvalue weighted by atomic mass is 16.3. The van der Waals surface area contributed by atoms with Gasteiger partial charge in [0.25, 0.3) is 5.91 Å². The molecule has 2 heterocycles. The average molecular weight is 441 g/mol. The highest BCUT2D eigenvalue weighted by Crippen LogP contribution is 2.30. The van der Waals surface area contributed by atoms with Crippen LogP contribution in [0, 0.1) is 6.92 Å². The molecule has 4 aromatic rings. The van der Waals surface area contributed by atoms with E-state index in [4.69, 9.17) is 0 Å². The number of aromatic nitrogens is 3. The van der Waals surface area contributed by atoms with Crippen molar-refractivity contribution in [1.82, 2.24) is 20.3 Å². The van der Waals surface area contributed by atoms with E-state index < -0.39 is 0 Å². The van der Waals surface area contributed by atoms with Crippen molar-refractivity contribution in [1.29, 1.82) is 0 Å². The van der Waals surface area contributed by atoms with Gasteiger partial charge in [0, 0.05) is 35.3 Å². The second-order valence-corrected chi connectivity index (χ2v) is 7.59. The third-order valence-electron chi connectivity index (χ3n) is 5.30. The molecule has 0 aliphatic heterocycles. The molecule has 2 aromatic carbocycles. The minimum Gasteiger partial charge on any atom is -0.392 e. The Morgan fingerprint density at radius 2 is 1.67 bits per heavy atom. The minimum absolute atomic E-state index is 0. The third kappa shape index (κ3) is 5.48. The lowest BCUT2D eigenvalue weighted by Crippen LogP contribution is -2.27. The number of rotatable bonds is 6. The first-order valence-electron chi connectivity index (χ1n) is 10.4. The molecule has 0 aliphatic rings. The zero-order chi connectivity index (χ0) is 22.5. The van der Waals surface area contributed by atoms with E-state index in [1.165, 1.54) is 0 Å². The first-order valence-corrected chi connectivity index (χ1v) is 10.4. The summed E-state index contributed by atoms with van der Waals surface area (Å²) in [6, 6.07) is 18.7. The number of amides is 1. The van der Waals surface area contributed by atoms with E-state index in [0.29, 0.717) is 11.4 Å². The molecule has 0 radical (unpaired) electrons. The van der Waals surface area contributed by atoms with Crippen molar-refractivity contribution >= 4 is 5.91 Å². The maximum atomic E-state index is 13.2. The molecule has 0 aliphatic carbocycles. The Balaban J connectivity index is 0.00000306. The lowest BCUT2D eigenvalue weighted by atomic mass is 9.94. The molecular formula is C27H28N4O2. The zero-order valence-corrected chi connectivity index (χ0v) is 18.0. The lowest BCUT2D eigenvalue weighted by Gasteiger charge is -2.16. The van der Waals surface area contributed by atoms with Crippen molar-refractivity contribution in [3.8, 4) is 22.4 Å². The highest BCUT2D eigenvalue weighted by Gasteiger charge is 2.16. The monoisotopic (exact) mass is 440 g/mol. The van der Waals surface area contributed by atoms with Crippen LogP contribution in [0.5, 0.6) is 0 Å². The Labute approximate surface area is 194 Å². The fraction of sp³-hybridized carbons (Fsp3) is 0.185. The number of aliphatic hydroxyl groups excluding tert-OH is 1. The van der Waals surface area contributed by atoms with Gasteiger partial charge in [0.2, 0.25) is 0 Å². The molecule has 0 spiro atoms. The number of aliphatic hydroxyl groups is 1. The summed E-state index contributed by atoms with van der Waals surface area (Å²) in [5, 5.41) is 12.8. The molecule has 0 saturated carbocycles. The van der Waals surface area contributed by atoms with Gasteiger partial charge in [-0.1, -0.05) is 37.8 Å². The quantitative estimate of drug-likeness (QED) is 0.434. The van der Waals surface area contributed by atoms with Gasteiger partial charge < -0.3 is 10.4 Å². The predicted octanol–water partition coefficient (Wildman–Crippen LogP) is 5.13. The Kier molecular flexibility index (Phi) is 7.64. The minimum atomic E-state index is -0.255. The summed E-state index contributed by atoms with van der Waals surface area (Å²) in [5.74, 6) is 0.473. The molecular weight excluding hydrogens is 412 g/mol. The Morgan fingerprint density at radius 1 is 0.970 bits per heavy atom. The molecule has 33 heavy (non-hydrogen) atoms. The maximum absolute atomic E-state index is 13.2. The number of carbonyl (C=O) groups is 1. The number of benzene rings is 2. The van der Waals surface area contributed by atoms with Crippen LogP contribution >= 0.6 is 0 Å². The molecule has 0 unspecified atom stereocenters. The number of nitrogens with zero attached hydrogens (tertiary/aromatic N) is 3. The highest BCUT2D eigenvalue weighted by molar-refractivity contribution is 5.97. The van der Waals surface area contributed by atoms with E-state index in [-0.39, 0.29) is 26.0 Å². The van der Waals surface area contributed by atoms with E-state index in [9.17, 15) is 9.90 Å². The van der Waals surface area contributed by atoms with E-state index in [1.807, 2.05) is 74.5 Å². The van der Waals surface area contributed by atoms with Crippen molar-refractivity contribution < 1.29 is 9.90 Å². The topological polar surface area (TPSA) is 88.0 Å². The average Bonchev–Trinajstić information content (AvgIpc) is 2.84. The first kappa shape index (κ1) is 23.8. The lowest BCUT2D eigenvalue weighted by molar-refractivity contribution is 0.0940. The van der Waals surface area contributed by atoms with Crippen LogP contribution in [-0.2, 0) is 6.61 Å². The number of carbonyl (C=O) groups excluding carboxylic acids is 1. The molecule has 6 heteroatoms. The van der Waals surface area contributed by atoms with Crippen LogP contribution < -0.4 is 5.32 Å². The Hall–Kier alpha value is -3.90. The standard InChI is InChI=1S/C26H24N4O2.CH4/c1-17(23-14-28-18(2)29-15-23)30-26(32)22-12-20(24-8-4-3-7-19(24)16-31)11-21(13-22)25-9-5-6-10-27-25;/h3-15,17,31H,16H2,1-2H3,(H,30,32);1H4/t17-;/m1./s1. The molecule has 0 bridgehead atoms. The predicted molar refractivity (Wildman–Crippen MR) is 130 cm³/mol. The van der Waals surface area contributed by atoms with Gasteiger partial charge in [0.1, 0.15) is 5.82 Å². The largest absolute Gasteiger partial charge is 0.392 e. The van der Waals surface area contributed by atoms with Gasteiger partial charge in [-0.05, 0) is 60.9 Å². The number of nitrogens with one attached hydrogen (secondary N) is 1. The SMILES string of the molecule is C.Cc1ncc([C@@H](C)NC(=O)c2cc(-c3ccccn3)cc(-c3ccccc3CO)c2)cn1. The van der Waals surface area contributed by atoms with E-state index in [0.717, 1.165) is 33.5 Å². The first-order chi connectivity index (χ1) is 15.5. The maximum Gasteiger partial charge on any atom is 0.251 e. The van der Waals surface area contributed by atoms with Crippen LogP contribution in [0.2, 0.25) is 0 Å². The molecule has 0 saturated heterocycles. The molecule has 1 amide bonds. The van der Waals surface area contributed by atoms with Crippen molar-refractivity contribution in [2.75, 3.05) is 0 Å². The molecule has 6 nitrogen and oxygen atoms in total. The molecule has 2 aromatic heterocycles. The van der Waals surface area contributed by atoms with Crippen LogP contribution in [0.25, 0.3) is 22.4 Å². The van der Waals surface area contributed by atoms with Crippen LogP contribution in [0.1, 0.15) is 47.7 Å². The van der Waals surface area contributed by atoms with Gasteiger partial charge in [-0.3, -0.25) is 9.78 Å². The van der Waals surface area contributed by atoms with E-state index >= 15 is 0 Å². The molecule has 0 fully saturated rings. The third-order valence-corrected chi connectivity index (χ3v) is 5.30. The summed E-state index contributed by atoms with van der Waals surface area (Å²) in [5.41, 5.74) is 5.45. The molecule has 1 atom stereocenters. The van der Waals surface area contributed by atoms with Crippen LogP contribution in [-0.4, -0.2) is 26.0 Å². The van der Waals surface area contributed by atoms with Crippen LogP contribution in [0.3, 0.4) is 0 Å². The van der Waals surface area contributed by atoms with E-state index in [2.05, 4.69) is 20.3 Å². The number of hydrogen-bond acceptors (Lipinski definition) is 5. The number of hydrogen-bond donors (Lipinski definition) is 2. The zero-order valence-electron chi connectivity index (χ0n) is 18.0. The van der Waals surface area contributed by atoms with Gasteiger partial charge in [0.05, 0.1) is 18.3 Å². The van der Waals surface area contributed by atoms with Gasteiger partial charge in [-0.2, -0.15) is 0 Å². The van der Waals surface area contributed by atoms with Gasteiger partial charge >= 0.3 is 0 Å². The summed E-state index contributed by atoms with van der Waals surface area (Å²) >= 11 is 0. The van der Waals surface area contributed by atoms with Crippen molar-refractivity contribution in [2.45, 2.75) is 33.9 Å². The molecule has 168 valence electrons. The van der Waals surface area contributed by atoms with Gasteiger partial charge in [0.15, 0.2) is 0 Å². The van der Waals surface area contributed by atoms with Gasteiger partial charge in [-0.25, -0.2) is 9.97 Å². The molecule has 2 N–H and O–H groups in total. The second-order valence-electron chi connectivity index (χ2n) is 7.59. The van der Waals surface area contributed by atoms with Crippen molar-refractivity contribution in [3.05, 3.63) is 102 Å². The van der Waals surface area contributed by atoms with E-state index in [1.54, 1.807) is 18.6 Å². The summed E-state index contributed by atoms with van der Waals surface area (Å²) in [6.45, 7) is 3.63. The van der Waals surface area contributed by atoms with Crippen molar-refractivity contribution in [3.63, 3.8) is 0 Å². The van der Waals surface area contributed by atoms with Crippen molar-refractivity contribution in [2.24, 2.45) is 0 Å². The van der Waals surface area contributed by atoms with Crippen LogP contribution in [0.15, 0.2) is 79.3 Å². The fourth-order valence-corrected chi connectivity index (χ4v) is 3.52. The summed E-state index contributed by atoms with van der Waals surface area (Å²) in [4.78, 5) is 26.1. The normalized spacial score (nSPS) is 11.4. The molecule has 4 rings (SSSR count). The van der Waals surface area contributed by atoms with Crippen LogP contribution in [0.4, 0.5) is 0 Å². The summed E-state index contributed by atoms with van der Waals surface area (Å²) in [6.07, 6.45) is 5.17. The van der Waals surface area contributed by atoms with Gasteiger partial charge in [-0.15, -0.1) is 0 Å². The smallest absolute Gasteiger partial charge is 0.251 e. The number of pyridine rings is 1.